The number of nitrogens with one attached hydrogen (secondary N) is 1. The lowest BCUT2D eigenvalue weighted by Crippen LogP contribution is -2.18. The summed E-state index contributed by atoms with van der Waals surface area (Å²) in [7, 11) is 0. The zero-order valence-electron chi connectivity index (χ0n) is 10.4. The first kappa shape index (κ1) is 11.9. The third kappa shape index (κ3) is 2.09. The van der Waals surface area contributed by atoms with Crippen molar-refractivity contribution < 1.29 is 0 Å². The molecule has 0 aliphatic heterocycles. The minimum atomic E-state index is 0.383. The van der Waals surface area contributed by atoms with Crippen molar-refractivity contribution >= 4 is 27.6 Å². The molecule has 0 aliphatic carbocycles. The second-order valence-corrected chi connectivity index (χ2v) is 6.17. The molecule has 0 saturated carbocycles. The topological polar surface area (TPSA) is 29.3 Å². The minimum Gasteiger partial charge on any atom is -0.304 e. The summed E-state index contributed by atoms with van der Waals surface area (Å²) in [5.74, 6) is 0. The van der Waals surface area contributed by atoms with Crippen LogP contribution in [0.25, 0.3) is 4.96 Å². The number of imidazole rings is 1. The van der Waals surface area contributed by atoms with E-state index in [-0.39, 0.29) is 0 Å². The summed E-state index contributed by atoms with van der Waals surface area (Å²) >= 11 is 3.48. The number of hydrogen-bond donors (Lipinski definition) is 1. The lowest BCUT2D eigenvalue weighted by molar-refractivity contribution is 0.572. The van der Waals surface area contributed by atoms with E-state index < -0.39 is 0 Å². The van der Waals surface area contributed by atoms with E-state index in [0.29, 0.717) is 6.04 Å². The van der Waals surface area contributed by atoms with E-state index >= 15 is 0 Å². The number of thiophene rings is 1. The molecular weight excluding hydrogens is 262 g/mol. The van der Waals surface area contributed by atoms with E-state index in [4.69, 9.17) is 0 Å². The van der Waals surface area contributed by atoms with Gasteiger partial charge < -0.3 is 5.32 Å². The molecule has 1 N–H and O–H groups in total. The molecule has 18 heavy (non-hydrogen) atoms. The Morgan fingerprint density at radius 2 is 2.28 bits per heavy atom. The Morgan fingerprint density at radius 1 is 1.39 bits per heavy atom. The number of aryl methyl sites for hydroxylation is 1. The lowest BCUT2D eigenvalue weighted by atomic mass is 10.2. The Labute approximate surface area is 114 Å². The molecule has 5 heteroatoms. The van der Waals surface area contributed by atoms with Crippen molar-refractivity contribution in [1.82, 2.24) is 14.7 Å². The van der Waals surface area contributed by atoms with E-state index in [9.17, 15) is 0 Å². The van der Waals surface area contributed by atoms with Crippen LogP contribution in [0.3, 0.4) is 0 Å². The molecule has 94 valence electrons. The van der Waals surface area contributed by atoms with Crippen LogP contribution >= 0.6 is 22.7 Å². The average molecular weight is 277 g/mol. The number of rotatable bonds is 4. The predicted octanol–water partition coefficient (Wildman–Crippen LogP) is 3.62. The average Bonchev–Trinajstić information content (AvgIpc) is 3.02. The number of hydrogen-bond acceptors (Lipinski definition) is 4. The molecule has 1 atom stereocenters. The van der Waals surface area contributed by atoms with Crippen LogP contribution in [0.2, 0.25) is 0 Å². The van der Waals surface area contributed by atoms with Gasteiger partial charge in [-0.15, -0.1) is 22.7 Å². The largest absolute Gasteiger partial charge is 0.304 e. The fourth-order valence-electron chi connectivity index (χ4n) is 2.04. The summed E-state index contributed by atoms with van der Waals surface area (Å²) in [6.07, 6.45) is 2.09. The third-order valence-electron chi connectivity index (χ3n) is 3.11. The summed E-state index contributed by atoms with van der Waals surface area (Å²) in [6, 6.07) is 4.65. The van der Waals surface area contributed by atoms with Gasteiger partial charge in [-0.25, -0.2) is 4.98 Å². The van der Waals surface area contributed by atoms with Gasteiger partial charge in [-0.1, -0.05) is 6.07 Å². The van der Waals surface area contributed by atoms with Crippen LogP contribution in [0.5, 0.6) is 0 Å². The van der Waals surface area contributed by atoms with Gasteiger partial charge in [0.15, 0.2) is 4.96 Å². The molecule has 3 heterocycles. The van der Waals surface area contributed by atoms with Gasteiger partial charge in [-0.05, 0) is 25.3 Å². The standard InChI is InChI=1S/C13H15N3S2/c1-9-11(16-5-7-18-13(16)15-9)8-14-10(2)12-4-3-6-17-12/h3-7,10,14H,8H2,1-2H3. The smallest absolute Gasteiger partial charge is 0.194 e. The lowest BCUT2D eigenvalue weighted by Gasteiger charge is -2.12. The van der Waals surface area contributed by atoms with Gasteiger partial charge in [0.05, 0.1) is 11.4 Å². The van der Waals surface area contributed by atoms with Gasteiger partial charge in [0.25, 0.3) is 0 Å². The summed E-state index contributed by atoms with van der Waals surface area (Å²) in [5.41, 5.74) is 2.38. The van der Waals surface area contributed by atoms with Crippen molar-refractivity contribution in [2.24, 2.45) is 0 Å². The number of aromatic nitrogens is 2. The fraction of sp³-hybridized carbons (Fsp3) is 0.308. The van der Waals surface area contributed by atoms with Crippen LogP contribution in [0.4, 0.5) is 0 Å². The molecular formula is C13H15N3S2. The maximum absolute atomic E-state index is 4.56. The Kier molecular flexibility index (Phi) is 3.20. The molecule has 1 unspecified atom stereocenters. The summed E-state index contributed by atoms with van der Waals surface area (Å²) in [6.45, 7) is 5.13. The van der Waals surface area contributed by atoms with Crippen LogP contribution in [0, 0.1) is 6.92 Å². The van der Waals surface area contributed by atoms with Crippen molar-refractivity contribution in [1.29, 1.82) is 0 Å². The van der Waals surface area contributed by atoms with Crippen LogP contribution in [-0.4, -0.2) is 9.38 Å². The predicted molar refractivity (Wildman–Crippen MR) is 77.4 cm³/mol. The quantitative estimate of drug-likeness (QED) is 0.789. The molecule has 0 fully saturated rings. The van der Waals surface area contributed by atoms with E-state index in [1.807, 2.05) is 0 Å². The first-order chi connectivity index (χ1) is 8.75. The Morgan fingerprint density at radius 3 is 3.06 bits per heavy atom. The van der Waals surface area contributed by atoms with E-state index in [2.05, 4.69) is 57.6 Å². The molecule has 0 bridgehead atoms. The highest BCUT2D eigenvalue weighted by Gasteiger charge is 2.11. The SMILES string of the molecule is Cc1nc2sccn2c1CNC(C)c1cccs1. The highest BCUT2D eigenvalue weighted by molar-refractivity contribution is 7.15. The van der Waals surface area contributed by atoms with Gasteiger partial charge in [0.1, 0.15) is 0 Å². The Bertz CT molecular complexity index is 636. The van der Waals surface area contributed by atoms with E-state index in [1.54, 1.807) is 22.7 Å². The van der Waals surface area contributed by atoms with E-state index in [0.717, 1.165) is 17.2 Å². The van der Waals surface area contributed by atoms with Gasteiger partial charge in [0.2, 0.25) is 0 Å². The Balaban J connectivity index is 1.76. The van der Waals surface area contributed by atoms with Gasteiger partial charge in [0, 0.05) is 29.0 Å². The minimum absolute atomic E-state index is 0.383. The van der Waals surface area contributed by atoms with Crippen molar-refractivity contribution in [3.63, 3.8) is 0 Å². The molecule has 0 aromatic carbocycles. The van der Waals surface area contributed by atoms with Crippen LogP contribution < -0.4 is 5.32 Å². The molecule has 0 saturated heterocycles. The van der Waals surface area contributed by atoms with Crippen molar-refractivity contribution in [2.75, 3.05) is 0 Å². The highest BCUT2D eigenvalue weighted by atomic mass is 32.1. The number of nitrogens with zero attached hydrogens (tertiary/aromatic N) is 2. The Hall–Kier alpha value is -1.17. The molecule has 3 aromatic rings. The third-order valence-corrected chi connectivity index (χ3v) is 4.92. The zero-order chi connectivity index (χ0) is 12.5. The van der Waals surface area contributed by atoms with Crippen molar-refractivity contribution in [3.05, 3.63) is 45.4 Å². The van der Waals surface area contributed by atoms with Crippen LogP contribution in [-0.2, 0) is 6.54 Å². The second kappa shape index (κ2) is 4.84. The van der Waals surface area contributed by atoms with Crippen LogP contribution in [0.1, 0.15) is 29.2 Å². The number of thiazole rings is 1. The summed E-state index contributed by atoms with van der Waals surface area (Å²) in [4.78, 5) is 7.01. The molecule has 0 spiro atoms. The first-order valence-electron chi connectivity index (χ1n) is 5.93. The maximum Gasteiger partial charge on any atom is 0.194 e. The zero-order valence-corrected chi connectivity index (χ0v) is 12.0. The second-order valence-electron chi connectivity index (χ2n) is 4.32. The molecule has 3 nitrogen and oxygen atoms in total. The fourth-order valence-corrected chi connectivity index (χ4v) is 3.58. The molecule has 3 rings (SSSR count). The first-order valence-corrected chi connectivity index (χ1v) is 7.69. The molecule has 0 amide bonds. The highest BCUT2D eigenvalue weighted by Crippen LogP contribution is 2.20. The van der Waals surface area contributed by atoms with Crippen LogP contribution in [0.15, 0.2) is 29.1 Å². The monoisotopic (exact) mass is 277 g/mol. The maximum atomic E-state index is 4.56. The molecule has 0 radical (unpaired) electrons. The normalized spacial score (nSPS) is 13.2. The molecule has 3 aromatic heterocycles. The summed E-state index contributed by atoms with van der Waals surface area (Å²) in [5, 5.41) is 7.76. The van der Waals surface area contributed by atoms with Gasteiger partial charge in [-0.2, -0.15) is 0 Å². The van der Waals surface area contributed by atoms with Crippen molar-refractivity contribution in [2.45, 2.75) is 26.4 Å². The summed E-state index contributed by atoms with van der Waals surface area (Å²) < 4.78 is 2.17. The van der Waals surface area contributed by atoms with Gasteiger partial charge in [-0.3, -0.25) is 4.40 Å². The molecule has 0 aliphatic rings. The van der Waals surface area contributed by atoms with Crippen molar-refractivity contribution in [3.8, 4) is 0 Å². The van der Waals surface area contributed by atoms with E-state index in [1.165, 1.54) is 10.6 Å². The number of fused-ring (bicyclic) bond motifs is 1. The van der Waals surface area contributed by atoms with Gasteiger partial charge >= 0.3 is 0 Å².